The fourth-order valence-electron chi connectivity index (χ4n) is 2.30. The number of nitrogens with one attached hydrogen (secondary N) is 1. The second kappa shape index (κ2) is 8.62. The number of aryl methyl sites for hydroxylation is 1. The van der Waals surface area contributed by atoms with Crippen LogP contribution in [0.4, 0.5) is 0 Å². The van der Waals surface area contributed by atoms with Crippen molar-refractivity contribution < 1.29 is 0 Å². The molecule has 1 heterocycles. The lowest BCUT2D eigenvalue weighted by atomic mass is 9.91. The highest BCUT2D eigenvalue weighted by Crippen LogP contribution is 2.21. The van der Waals surface area contributed by atoms with Gasteiger partial charge in [0.25, 0.3) is 0 Å². The maximum absolute atomic E-state index is 5.69. The van der Waals surface area contributed by atoms with E-state index in [-0.39, 0.29) is 0 Å². The summed E-state index contributed by atoms with van der Waals surface area (Å²) in [4.78, 5) is 4.52. The van der Waals surface area contributed by atoms with Gasteiger partial charge in [0.15, 0.2) is 0 Å². The van der Waals surface area contributed by atoms with E-state index in [2.05, 4.69) is 29.6 Å². The van der Waals surface area contributed by atoms with Crippen LogP contribution in [0.1, 0.15) is 56.7 Å². The molecule has 2 unspecified atom stereocenters. The van der Waals surface area contributed by atoms with Gasteiger partial charge in [-0.15, -0.1) is 11.3 Å². The maximum atomic E-state index is 5.69. The van der Waals surface area contributed by atoms with E-state index in [0.29, 0.717) is 6.04 Å². The second-order valence-corrected chi connectivity index (χ2v) is 6.05. The van der Waals surface area contributed by atoms with Crippen LogP contribution in [-0.4, -0.2) is 11.0 Å². The lowest BCUT2D eigenvalue weighted by Gasteiger charge is -2.21. The fourth-order valence-corrected chi connectivity index (χ4v) is 3.15. The summed E-state index contributed by atoms with van der Waals surface area (Å²) in [5, 5.41) is 3.30. The first-order valence-corrected chi connectivity index (χ1v) is 7.94. The van der Waals surface area contributed by atoms with Gasteiger partial charge < -0.3 is 0 Å². The first kappa shape index (κ1) is 15.6. The van der Waals surface area contributed by atoms with Crippen molar-refractivity contribution in [3.05, 3.63) is 16.1 Å². The molecule has 0 radical (unpaired) electrons. The van der Waals surface area contributed by atoms with E-state index in [1.807, 2.05) is 6.92 Å². The zero-order valence-electron chi connectivity index (χ0n) is 11.9. The molecule has 0 fully saturated rings. The summed E-state index contributed by atoms with van der Waals surface area (Å²) in [6.45, 7) is 6.58. The average molecular weight is 269 g/mol. The minimum absolute atomic E-state index is 0.359. The van der Waals surface area contributed by atoms with Crippen molar-refractivity contribution in [2.75, 3.05) is 0 Å². The van der Waals surface area contributed by atoms with E-state index in [0.717, 1.165) is 24.5 Å². The van der Waals surface area contributed by atoms with Crippen molar-refractivity contribution in [3.8, 4) is 0 Å². The van der Waals surface area contributed by atoms with Gasteiger partial charge in [-0.05, 0) is 19.3 Å². The number of aromatic nitrogens is 1. The molecule has 18 heavy (non-hydrogen) atoms. The van der Waals surface area contributed by atoms with E-state index in [9.17, 15) is 0 Å². The summed E-state index contributed by atoms with van der Waals surface area (Å²) >= 11 is 1.74. The summed E-state index contributed by atoms with van der Waals surface area (Å²) in [5.74, 6) is 6.47. The van der Waals surface area contributed by atoms with Gasteiger partial charge in [-0.1, -0.05) is 39.5 Å². The molecule has 0 aliphatic heterocycles. The first-order valence-electron chi connectivity index (χ1n) is 7.06. The normalized spacial score (nSPS) is 14.7. The average Bonchev–Trinajstić information content (AvgIpc) is 2.78. The molecule has 0 spiro atoms. The number of nitrogens with two attached hydrogens (primary N) is 1. The molecule has 2 atom stereocenters. The molecule has 1 aromatic heterocycles. The third-order valence-corrected chi connectivity index (χ3v) is 4.47. The maximum Gasteiger partial charge on any atom is 0.0944 e. The minimum atomic E-state index is 0.359. The van der Waals surface area contributed by atoms with E-state index < -0.39 is 0 Å². The summed E-state index contributed by atoms with van der Waals surface area (Å²) in [6, 6.07) is 0.359. The van der Waals surface area contributed by atoms with Crippen molar-refractivity contribution in [3.63, 3.8) is 0 Å². The molecule has 0 amide bonds. The van der Waals surface area contributed by atoms with E-state index in [1.54, 1.807) is 11.3 Å². The highest BCUT2D eigenvalue weighted by atomic mass is 32.1. The molecule has 104 valence electrons. The Morgan fingerprint density at radius 3 is 2.72 bits per heavy atom. The zero-order valence-corrected chi connectivity index (χ0v) is 12.7. The Bertz CT molecular complexity index is 325. The van der Waals surface area contributed by atoms with E-state index >= 15 is 0 Å². The van der Waals surface area contributed by atoms with Gasteiger partial charge in [0.05, 0.1) is 5.01 Å². The van der Waals surface area contributed by atoms with Gasteiger partial charge in [-0.3, -0.25) is 11.3 Å². The Morgan fingerprint density at radius 2 is 2.22 bits per heavy atom. The smallest absolute Gasteiger partial charge is 0.0944 e. The molecule has 1 aromatic rings. The summed E-state index contributed by atoms with van der Waals surface area (Å²) in [7, 11) is 0. The fraction of sp³-hybridized carbons (Fsp3) is 0.786. The lowest BCUT2D eigenvalue weighted by molar-refractivity contribution is 0.349. The Labute approximate surface area is 115 Å². The number of thiazole rings is 1. The van der Waals surface area contributed by atoms with Crippen LogP contribution in [-0.2, 0) is 6.42 Å². The minimum Gasteiger partial charge on any atom is -0.271 e. The van der Waals surface area contributed by atoms with Crippen molar-refractivity contribution in [1.82, 2.24) is 10.4 Å². The van der Waals surface area contributed by atoms with Crippen molar-refractivity contribution in [2.24, 2.45) is 11.8 Å². The van der Waals surface area contributed by atoms with Gasteiger partial charge in [0.2, 0.25) is 0 Å². The van der Waals surface area contributed by atoms with Crippen LogP contribution in [0.5, 0.6) is 0 Å². The SMILES string of the molecule is CCCCC(CC)CC(Cc1nc(C)cs1)NN. The van der Waals surface area contributed by atoms with Crippen LogP contribution in [0, 0.1) is 12.8 Å². The number of nitrogens with zero attached hydrogens (tertiary/aromatic N) is 1. The topological polar surface area (TPSA) is 50.9 Å². The quantitative estimate of drug-likeness (QED) is 0.533. The number of hydrogen-bond acceptors (Lipinski definition) is 4. The molecule has 0 aliphatic rings. The molecule has 0 bridgehead atoms. The van der Waals surface area contributed by atoms with Crippen LogP contribution in [0.25, 0.3) is 0 Å². The van der Waals surface area contributed by atoms with Gasteiger partial charge in [-0.2, -0.15) is 0 Å². The number of hydrogen-bond donors (Lipinski definition) is 2. The first-order chi connectivity index (χ1) is 8.69. The largest absolute Gasteiger partial charge is 0.271 e. The van der Waals surface area contributed by atoms with E-state index in [4.69, 9.17) is 5.84 Å². The predicted molar refractivity (Wildman–Crippen MR) is 79.6 cm³/mol. The van der Waals surface area contributed by atoms with Crippen LogP contribution >= 0.6 is 11.3 Å². The van der Waals surface area contributed by atoms with Crippen molar-refractivity contribution in [1.29, 1.82) is 0 Å². The Kier molecular flexibility index (Phi) is 7.47. The number of rotatable bonds is 9. The third-order valence-electron chi connectivity index (χ3n) is 3.48. The molecule has 3 nitrogen and oxygen atoms in total. The summed E-state index contributed by atoms with van der Waals surface area (Å²) in [6.07, 6.45) is 7.29. The van der Waals surface area contributed by atoms with Crippen LogP contribution in [0.2, 0.25) is 0 Å². The van der Waals surface area contributed by atoms with Crippen LogP contribution in [0.3, 0.4) is 0 Å². The van der Waals surface area contributed by atoms with Gasteiger partial charge in [-0.25, -0.2) is 4.98 Å². The molecule has 0 saturated heterocycles. The monoisotopic (exact) mass is 269 g/mol. The van der Waals surface area contributed by atoms with Gasteiger partial charge in [0, 0.05) is 23.5 Å². The molecular weight excluding hydrogens is 242 g/mol. The molecule has 0 aromatic carbocycles. The second-order valence-electron chi connectivity index (χ2n) is 5.10. The molecule has 0 saturated carbocycles. The van der Waals surface area contributed by atoms with Gasteiger partial charge >= 0.3 is 0 Å². The van der Waals surface area contributed by atoms with Crippen LogP contribution < -0.4 is 11.3 Å². The highest BCUT2D eigenvalue weighted by Gasteiger charge is 2.15. The Hall–Kier alpha value is -0.450. The predicted octanol–water partition coefficient (Wildman–Crippen LogP) is 3.43. The standard InChI is InChI=1S/C14H27N3S/c1-4-6-7-12(5-2)8-13(17-15)9-14-16-11(3)10-18-14/h10,12-13,17H,4-9,15H2,1-3H3. The van der Waals surface area contributed by atoms with Crippen LogP contribution in [0.15, 0.2) is 5.38 Å². The van der Waals surface area contributed by atoms with Gasteiger partial charge in [0.1, 0.15) is 0 Å². The van der Waals surface area contributed by atoms with Crippen molar-refractivity contribution in [2.45, 2.75) is 65.3 Å². The van der Waals surface area contributed by atoms with E-state index in [1.165, 1.54) is 30.7 Å². The third kappa shape index (κ3) is 5.46. The molecule has 3 N–H and O–H groups in total. The number of hydrazine groups is 1. The Morgan fingerprint density at radius 1 is 1.44 bits per heavy atom. The highest BCUT2D eigenvalue weighted by molar-refractivity contribution is 7.09. The molecule has 4 heteroatoms. The summed E-state index contributed by atoms with van der Waals surface area (Å²) in [5.41, 5.74) is 4.08. The zero-order chi connectivity index (χ0) is 13.4. The van der Waals surface area contributed by atoms with Crippen molar-refractivity contribution >= 4 is 11.3 Å². The lowest BCUT2D eigenvalue weighted by Crippen LogP contribution is -2.38. The summed E-state index contributed by atoms with van der Waals surface area (Å²) < 4.78 is 0. The molecular formula is C14H27N3S. The number of unbranched alkanes of at least 4 members (excludes halogenated alkanes) is 1. The molecule has 0 aliphatic carbocycles. The molecule has 1 rings (SSSR count). The Balaban J connectivity index is 2.44.